The van der Waals surface area contributed by atoms with E-state index in [1.807, 2.05) is 0 Å². The van der Waals surface area contributed by atoms with Crippen molar-refractivity contribution < 1.29 is 4.74 Å². The zero-order valence-corrected chi connectivity index (χ0v) is 14.2. The van der Waals surface area contributed by atoms with Gasteiger partial charge in [-0.3, -0.25) is 0 Å². The van der Waals surface area contributed by atoms with Crippen molar-refractivity contribution in [3.05, 3.63) is 16.8 Å². The molecule has 124 valence electrons. The number of hydrogen-bond donors (Lipinski definition) is 1. The van der Waals surface area contributed by atoms with Gasteiger partial charge < -0.3 is 10.1 Å². The smallest absolute Gasteiger partial charge is 0.167 e. The molecule has 0 aromatic carbocycles. The van der Waals surface area contributed by atoms with Gasteiger partial charge in [0.2, 0.25) is 0 Å². The summed E-state index contributed by atoms with van der Waals surface area (Å²) in [5.74, 6) is 0.654. The molecule has 1 aromatic heterocycles. The van der Waals surface area contributed by atoms with Crippen molar-refractivity contribution in [3.8, 4) is 6.07 Å². The van der Waals surface area contributed by atoms with Gasteiger partial charge in [0.05, 0.1) is 11.3 Å². The summed E-state index contributed by atoms with van der Waals surface area (Å²) in [5.41, 5.74) is 2.71. The fourth-order valence-electron chi connectivity index (χ4n) is 4.11. The maximum atomic E-state index is 9.60. The van der Waals surface area contributed by atoms with Crippen LogP contribution in [0.4, 0.5) is 5.82 Å². The summed E-state index contributed by atoms with van der Waals surface area (Å²) in [6.45, 7) is 4.92. The van der Waals surface area contributed by atoms with E-state index in [1.165, 1.54) is 12.8 Å². The average Bonchev–Trinajstić information content (AvgIpc) is 3.01. The molecule has 1 spiro atoms. The summed E-state index contributed by atoms with van der Waals surface area (Å²) in [6, 6.07) is 2.66. The number of anilines is 1. The Hall–Kier alpha value is -1.67. The van der Waals surface area contributed by atoms with Crippen molar-refractivity contribution in [2.45, 2.75) is 76.9 Å². The molecule has 1 aliphatic heterocycles. The lowest BCUT2D eigenvalue weighted by Gasteiger charge is -2.38. The lowest BCUT2D eigenvalue weighted by Crippen LogP contribution is -2.42. The molecular weight excluding hydrogens is 288 g/mol. The molecule has 1 aromatic rings. The van der Waals surface area contributed by atoms with Gasteiger partial charge in [0.15, 0.2) is 5.82 Å². The van der Waals surface area contributed by atoms with E-state index < -0.39 is 0 Å². The monoisotopic (exact) mass is 314 g/mol. The predicted molar refractivity (Wildman–Crippen MR) is 89.3 cm³/mol. The maximum absolute atomic E-state index is 9.60. The van der Waals surface area contributed by atoms with Crippen LogP contribution in [0, 0.1) is 11.3 Å². The quantitative estimate of drug-likeness (QED) is 0.922. The van der Waals surface area contributed by atoms with Crippen LogP contribution in [0.5, 0.6) is 0 Å². The average molecular weight is 314 g/mol. The number of hydrogen-bond acceptors (Lipinski definition) is 5. The largest absolute Gasteiger partial charge is 0.375 e. The van der Waals surface area contributed by atoms with E-state index in [0.29, 0.717) is 17.4 Å². The molecule has 23 heavy (non-hydrogen) atoms. The summed E-state index contributed by atoms with van der Waals surface area (Å²) in [7, 11) is 0. The fraction of sp³-hybridized carbons (Fsp3) is 0.722. The standard InChI is InChI=1S/C18H26N4O/c1-3-14-15(12-19)17(22-21-16(14)4-2)20-13-7-10-23-18(11-13)8-5-6-9-18/h13H,3-11H2,1-2H3,(H,20,22). The first kappa shape index (κ1) is 16.2. The molecule has 0 radical (unpaired) electrons. The fourth-order valence-corrected chi connectivity index (χ4v) is 4.11. The van der Waals surface area contributed by atoms with Crippen LogP contribution >= 0.6 is 0 Å². The number of aryl methyl sites for hydroxylation is 1. The molecule has 5 nitrogen and oxygen atoms in total. The van der Waals surface area contributed by atoms with E-state index >= 15 is 0 Å². The first-order chi connectivity index (χ1) is 11.2. The summed E-state index contributed by atoms with van der Waals surface area (Å²) < 4.78 is 6.09. The molecular formula is C18H26N4O. The number of nitrogens with zero attached hydrogens (tertiary/aromatic N) is 3. The lowest BCUT2D eigenvalue weighted by atomic mass is 9.89. The minimum absolute atomic E-state index is 0.0626. The van der Waals surface area contributed by atoms with Crippen LogP contribution in [-0.4, -0.2) is 28.4 Å². The highest BCUT2D eigenvalue weighted by atomic mass is 16.5. The minimum atomic E-state index is 0.0626. The molecule has 3 rings (SSSR count). The third-order valence-corrected chi connectivity index (χ3v) is 5.31. The van der Waals surface area contributed by atoms with Crippen LogP contribution in [0.25, 0.3) is 0 Å². The molecule has 2 fully saturated rings. The summed E-state index contributed by atoms with van der Waals surface area (Å²) in [6.07, 6.45) is 8.46. The molecule has 2 heterocycles. The van der Waals surface area contributed by atoms with Crippen molar-refractivity contribution in [1.82, 2.24) is 10.2 Å². The second-order valence-electron chi connectivity index (χ2n) is 6.74. The van der Waals surface area contributed by atoms with Gasteiger partial charge in [0, 0.05) is 12.6 Å². The van der Waals surface area contributed by atoms with Crippen molar-refractivity contribution >= 4 is 5.82 Å². The highest BCUT2D eigenvalue weighted by molar-refractivity contribution is 5.57. The molecule has 1 N–H and O–H groups in total. The van der Waals surface area contributed by atoms with E-state index in [0.717, 1.165) is 56.4 Å². The molecule has 2 aliphatic rings. The molecule has 0 amide bonds. The van der Waals surface area contributed by atoms with Crippen LogP contribution < -0.4 is 5.32 Å². The van der Waals surface area contributed by atoms with E-state index in [9.17, 15) is 5.26 Å². The number of aromatic nitrogens is 2. The Balaban J connectivity index is 1.81. The number of ether oxygens (including phenoxy) is 1. The Morgan fingerprint density at radius 3 is 2.70 bits per heavy atom. The Kier molecular flexibility index (Phi) is 4.82. The first-order valence-corrected chi connectivity index (χ1v) is 8.90. The SMILES string of the molecule is CCc1nnc(NC2CCOC3(CCCC3)C2)c(C#N)c1CC. The Morgan fingerprint density at radius 2 is 2.04 bits per heavy atom. The molecule has 1 saturated carbocycles. The molecule has 1 atom stereocenters. The zero-order valence-electron chi connectivity index (χ0n) is 14.2. The topological polar surface area (TPSA) is 70.8 Å². The molecule has 1 saturated heterocycles. The third-order valence-electron chi connectivity index (χ3n) is 5.31. The Morgan fingerprint density at radius 1 is 1.26 bits per heavy atom. The Labute approximate surface area is 138 Å². The summed E-state index contributed by atoms with van der Waals surface area (Å²) in [4.78, 5) is 0. The van der Waals surface area contributed by atoms with Gasteiger partial charge in [0.1, 0.15) is 11.6 Å². The molecule has 0 bridgehead atoms. The van der Waals surface area contributed by atoms with E-state index in [1.54, 1.807) is 0 Å². The highest BCUT2D eigenvalue weighted by Crippen LogP contribution is 2.40. The maximum Gasteiger partial charge on any atom is 0.167 e. The first-order valence-electron chi connectivity index (χ1n) is 8.90. The summed E-state index contributed by atoms with van der Waals surface area (Å²) in [5, 5.41) is 21.8. The van der Waals surface area contributed by atoms with Crippen molar-refractivity contribution in [2.75, 3.05) is 11.9 Å². The molecule has 1 unspecified atom stereocenters. The van der Waals surface area contributed by atoms with Crippen molar-refractivity contribution in [3.63, 3.8) is 0 Å². The second kappa shape index (κ2) is 6.84. The zero-order chi connectivity index (χ0) is 16.3. The molecule has 5 heteroatoms. The van der Waals surface area contributed by atoms with Crippen LogP contribution in [0.1, 0.15) is 69.2 Å². The van der Waals surface area contributed by atoms with Gasteiger partial charge in [-0.05, 0) is 44.1 Å². The van der Waals surface area contributed by atoms with Gasteiger partial charge in [0.25, 0.3) is 0 Å². The van der Waals surface area contributed by atoms with E-state index in [-0.39, 0.29) is 5.60 Å². The Bertz CT molecular complexity index is 602. The van der Waals surface area contributed by atoms with Gasteiger partial charge in [-0.25, -0.2) is 0 Å². The van der Waals surface area contributed by atoms with Crippen molar-refractivity contribution in [2.24, 2.45) is 0 Å². The van der Waals surface area contributed by atoms with Gasteiger partial charge in [-0.1, -0.05) is 26.7 Å². The van der Waals surface area contributed by atoms with E-state index in [2.05, 4.69) is 35.4 Å². The van der Waals surface area contributed by atoms with Gasteiger partial charge >= 0.3 is 0 Å². The minimum Gasteiger partial charge on any atom is -0.375 e. The van der Waals surface area contributed by atoms with Crippen LogP contribution in [0.2, 0.25) is 0 Å². The van der Waals surface area contributed by atoms with Gasteiger partial charge in [-0.2, -0.15) is 10.4 Å². The van der Waals surface area contributed by atoms with Crippen LogP contribution in [-0.2, 0) is 17.6 Å². The second-order valence-corrected chi connectivity index (χ2v) is 6.74. The normalized spacial score (nSPS) is 22.9. The highest BCUT2D eigenvalue weighted by Gasteiger charge is 2.40. The van der Waals surface area contributed by atoms with E-state index in [4.69, 9.17) is 4.74 Å². The molecule has 1 aliphatic carbocycles. The van der Waals surface area contributed by atoms with Gasteiger partial charge in [-0.15, -0.1) is 5.10 Å². The third kappa shape index (κ3) is 3.18. The number of nitriles is 1. The number of nitrogens with one attached hydrogen (secondary N) is 1. The van der Waals surface area contributed by atoms with Crippen LogP contribution in [0.3, 0.4) is 0 Å². The summed E-state index contributed by atoms with van der Waals surface area (Å²) >= 11 is 0. The van der Waals surface area contributed by atoms with Crippen molar-refractivity contribution in [1.29, 1.82) is 5.26 Å². The predicted octanol–water partition coefficient (Wildman–Crippen LogP) is 3.38. The lowest BCUT2D eigenvalue weighted by molar-refractivity contribution is -0.0767. The van der Waals surface area contributed by atoms with Crippen LogP contribution in [0.15, 0.2) is 0 Å². The number of rotatable bonds is 4.